The Morgan fingerprint density at radius 2 is 0.946 bits per heavy atom. The number of benzene rings is 6. The van der Waals surface area contributed by atoms with Crippen molar-refractivity contribution in [2.75, 3.05) is 4.90 Å². The molecule has 0 aliphatic carbocycles. The first kappa shape index (κ1) is 20.2. The highest BCUT2D eigenvalue weighted by Gasteiger charge is 2.21. The van der Waals surface area contributed by atoms with Crippen LogP contribution in [0.4, 0.5) is 17.1 Å². The maximum Gasteiger partial charge on any atom is 0.147 e. The Morgan fingerprint density at radius 1 is 0.378 bits per heavy atom. The molecular formula is C34H21NO2. The lowest BCUT2D eigenvalue weighted by Gasteiger charge is -2.25. The van der Waals surface area contributed by atoms with Crippen LogP contribution in [0.15, 0.2) is 136 Å². The lowest BCUT2D eigenvalue weighted by atomic mass is 9.99. The third-order valence-corrected chi connectivity index (χ3v) is 7.22. The van der Waals surface area contributed by atoms with Gasteiger partial charge in [0, 0.05) is 38.6 Å². The molecule has 8 aromatic rings. The van der Waals surface area contributed by atoms with E-state index in [1.165, 1.54) is 0 Å². The van der Waals surface area contributed by atoms with E-state index in [-0.39, 0.29) is 0 Å². The van der Waals surface area contributed by atoms with Crippen LogP contribution in [-0.4, -0.2) is 0 Å². The lowest BCUT2D eigenvalue weighted by Crippen LogP contribution is -2.09. The molecule has 0 atom stereocenters. The van der Waals surface area contributed by atoms with Crippen LogP contribution in [0.5, 0.6) is 0 Å². The monoisotopic (exact) mass is 475 g/mol. The van der Waals surface area contributed by atoms with E-state index in [1.54, 1.807) is 0 Å². The summed E-state index contributed by atoms with van der Waals surface area (Å²) in [5, 5.41) is 6.54. The fourth-order valence-corrected chi connectivity index (χ4v) is 5.63. The molecule has 174 valence electrons. The van der Waals surface area contributed by atoms with Crippen molar-refractivity contribution in [3.63, 3.8) is 0 Å². The Morgan fingerprint density at radius 3 is 1.68 bits per heavy atom. The fourth-order valence-electron chi connectivity index (χ4n) is 5.63. The van der Waals surface area contributed by atoms with Crippen LogP contribution in [-0.2, 0) is 0 Å². The van der Waals surface area contributed by atoms with Crippen molar-refractivity contribution < 1.29 is 8.83 Å². The zero-order chi connectivity index (χ0) is 24.3. The Bertz CT molecular complexity index is 2050. The first-order valence-electron chi connectivity index (χ1n) is 12.5. The van der Waals surface area contributed by atoms with Gasteiger partial charge in [0.1, 0.15) is 22.3 Å². The van der Waals surface area contributed by atoms with Gasteiger partial charge < -0.3 is 13.7 Å². The summed E-state index contributed by atoms with van der Waals surface area (Å²) < 4.78 is 13.0. The zero-order valence-electron chi connectivity index (χ0n) is 19.9. The number of rotatable bonds is 3. The number of furan rings is 2. The molecule has 0 bridgehead atoms. The predicted molar refractivity (Wildman–Crippen MR) is 153 cm³/mol. The molecule has 2 aromatic heterocycles. The molecule has 0 saturated carbocycles. The van der Waals surface area contributed by atoms with Gasteiger partial charge in [0.2, 0.25) is 0 Å². The molecule has 0 aliphatic heterocycles. The molecule has 0 amide bonds. The van der Waals surface area contributed by atoms with Crippen molar-refractivity contribution >= 4 is 71.7 Å². The van der Waals surface area contributed by atoms with Gasteiger partial charge in [-0.1, -0.05) is 78.9 Å². The molecule has 3 nitrogen and oxygen atoms in total. The SMILES string of the molecule is c1ccc(N(c2ccccc2)c2ccc3oc4c(c3c2)c2ccccc2c2oc3ccccc3c24)cc1. The molecule has 0 spiro atoms. The third-order valence-electron chi connectivity index (χ3n) is 7.22. The maximum absolute atomic E-state index is 6.61. The summed E-state index contributed by atoms with van der Waals surface area (Å²) in [5.41, 5.74) is 6.77. The van der Waals surface area contributed by atoms with Crippen molar-refractivity contribution in [3.8, 4) is 0 Å². The summed E-state index contributed by atoms with van der Waals surface area (Å²) >= 11 is 0. The van der Waals surface area contributed by atoms with Gasteiger partial charge in [0.15, 0.2) is 0 Å². The average Bonchev–Trinajstić information content (AvgIpc) is 3.53. The van der Waals surface area contributed by atoms with Gasteiger partial charge in [0.05, 0.1) is 5.39 Å². The molecule has 3 heteroatoms. The standard InChI is InChI=1S/C34H21NO2/c1-3-11-22(12-4-1)35(23-13-5-2-6-14-23)24-19-20-30-28(21-24)31-25-15-7-8-16-26(25)33-32(34(31)37-30)27-17-9-10-18-29(27)36-33/h1-21H. The van der Waals surface area contributed by atoms with Crippen molar-refractivity contribution in [1.29, 1.82) is 0 Å². The second-order valence-corrected chi connectivity index (χ2v) is 9.34. The largest absolute Gasteiger partial charge is 0.455 e. The van der Waals surface area contributed by atoms with E-state index in [0.717, 1.165) is 71.7 Å². The number of hydrogen-bond donors (Lipinski definition) is 0. The van der Waals surface area contributed by atoms with Gasteiger partial charge in [0.25, 0.3) is 0 Å². The highest BCUT2D eigenvalue weighted by atomic mass is 16.3. The molecule has 6 aromatic carbocycles. The second-order valence-electron chi connectivity index (χ2n) is 9.34. The Labute approximate surface area is 212 Å². The summed E-state index contributed by atoms with van der Waals surface area (Å²) in [4.78, 5) is 2.28. The lowest BCUT2D eigenvalue weighted by molar-refractivity contribution is 0.665. The third kappa shape index (κ3) is 2.95. The maximum atomic E-state index is 6.61. The number of hydrogen-bond acceptors (Lipinski definition) is 3. The summed E-state index contributed by atoms with van der Waals surface area (Å²) in [6, 6.07) is 44.1. The zero-order valence-corrected chi connectivity index (χ0v) is 19.9. The molecule has 2 heterocycles. The summed E-state index contributed by atoms with van der Waals surface area (Å²) in [7, 11) is 0. The van der Waals surface area contributed by atoms with Gasteiger partial charge in [-0.2, -0.15) is 0 Å². The fraction of sp³-hybridized carbons (Fsp3) is 0. The van der Waals surface area contributed by atoms with Gasteiger partial charge in [-0.25, -0.2) is 0 Å². The molecule has 0 N–H and O–H groups in total. The molecule has 0 fully saturated rings. The number of nitrogens with zero attached hydrogens (tertiary/aromatic N) is 1. The van der Waals surface area contributed by atoms with Crippen molar-refractivity contribution in [3.05, 3.63) is 127 Å². The minimum atomic E-state index is 0.864. The van der Waals surface area contributed by atoms with Crippen LogP contribution in [0.3, 0.4) is 0 Å². The van der Waals surface area contributed by atoms with E-state index in [9.17, 15) is 0 Å². The van der Waals surface area contributed by atoms with Crippen molar-refractivity contribution in [2.24, 2.45) is 0 Å². The van der Waals surface area contributed by atoms with E-state index < -0.39 is 0 Å². The summed E-state index contributed by atoms with van der Waals surface area (Å²) in [5.74, 6) is 0. The summed E-state index contributed by atoms with van der Waals surface area (Å²) in [6.07, 6.45) is 0. The second kappa shape index (κ2) is 7.74. The summed E-state index contributed by atoms with van der Waals surface area (Å²) in [6.45, 7) is 0. The normalized spacial score (nSPS) is 11.8. The topological polar surface area (TPSA) is 29.5 Å². The van der Waals surface area contributed by atoms with E-state index >= 15 is 0 Å². The van der Waals surface area contributed by atoms with Crippen LogP contribution in [0, 0.1) is 0 Å². The molecule has 37 heavy (non-hydrogen) atoms. The quantitative estimate of drug-likeness (QED) is 0.255. The van der Waals surface area contributed by atoms with Crippen LogP contribution in [0.2, 0.25) is 0 Å². The molecule has 0 saturated heterocycles. The number of fused-ring (bicyclic) bond motifs is 10. The molecular weight excluding hydrogens is 454 g/mol. The number of para-hydroxylation sites is 3. The van der Waals surface area contributed by atoms with Crippen LogP contribution >= 0.6 is 0 Å². The van der Waals surface area contributed by atoms with Crippen LogP contribution < -0.4 is 4.90 Å². The first-order chi connectivity index (χ1) is 18.4. The minimum absolute atomic E-state index is 0.864. The van der Waals surface area contributed by atoms with Crippen LogP contribution in [0.25, 0.3) is 54.6 Å². The van der Waals surface area contributed by atoms with Crippen molar-refractivity contribution in [1.82, 2.24) is 0 Å². The van der Waals surface area contributed by atoms with Gasteiger partial charge >= 0.3 is 0 Å². The predicted octanol–water partition coefficient (Wildman–Crippen LogP) is 10.1. The van der Waals surface area contributed by atoms with E-state index in [1.807, 2.05) is 24.3 Å². The highest BCUT2D eigenvalue weighted by molar-refractivity contribution is 6.33. The Hall–Kier alpha value is -5.02. The molecule has 0 aliphatic rings. The van der Waals surface area contributed by atoms with E-state index in [2.05, 4.69) is 108 Å². The highest BCUT2D eigenvalue weighted by Crippen LogP contribution is 2.46. The number of anilines is 3. The van der Waals surface area contributed by atoms with Crippen LogP contribution in [0.1, 0.15) is 0 Å². The smallest absolute Gasteiger partial charge is 0.147 e. The Balaban J connectivity index is 1.49. The van der Waals surface area contributed by atoms with Gasteiger partial charge in [-0.15, -0.1) is 0 Å². The first-order valence-corrected chi connectivity index (χ1v) is 12.5. The molecule has 8 rings (SSSR count). The minimum Gasteiger partial charge on any atom is -0.455 e. The van der Waals surface area contributed by atoms with E-state index in [0.29, 0.717) is 0 Å². The molecule has 0 unspecified atom stereocenters. The van der Waals surface area contributed by atoms with Crippen molar-refractivity contribution in [2.45, 2.75) is 0 Å². The molecule has 0 radical (unpaired) electrons. The Kier molecular flexibility index (Phi) is 4.23. The van der Waals surface area contributed by atoms with Gasteiger partial charge in [-0.05, 0) is 53.9 Å². The van der Waals surface area contributed by atoms with E-state index in [4.69, 9.17) is 8.83 Å². The van der Waals surface area contributed by atoms with Gasteiger partial charge in [-0.3, -0.25) is 0 Å². The average molecular weight is 476 g/mol.